The molecule has 0 N–H and O–H groups in total. The van der Waals surface area contributed by atoms with E-state index in [1.165, 1.54) is 44.9 Å². The minimum absolute atomic E-state index is 0.0129. The fraction of sp³-hybridized carbons (Fsp3) is 0.800. The van der Waals surface area contributed by atoms with Crippen LogP contribution in [0, 0.1) is 0 Å². The summed E-state index contributed by atoms with van der Waals surface area (Å²) in [7, 11) is 0. The number of carbonyl (C=O) groups is 1. The summed E-state index contributed by atoms with van der Waals surface area (Å²) in [6, 6.07) is 0. The number of ether oxygens (including phenoxy) is 1. The third-order valence-electron chi connectivity index (χ3n) is 3.20. The first-order chi connectivity index (χ1) is 8.39. The van der Waals surface area contributed by atoms with Crippen molar-refractivity contribution in [3.8, 4) is 0 Å². The third-order valence-corrected chi connectivity index (χ3v) is 3.20. The smallest absolute Gasteiger partial charge is 0.305 e. The lowest BCUT2D eigenvalue weighted by Gasteiger charge is -2.05. The highest BCUT2D eigenvalue weighted by atomic mass is 16.5. The van der Waals surface area contributed by atoms with Crippen LogP contribution in [-0.4, -0.2) is 12.6 Å². The van der Waals surface area contributed by atoms with Crippen LogP contribution in [0.3, 0.4) is 0 Å². The zero-order valence-corrected chi connectivity index (χ0v) is 11.0. The van der Waals surface area contributed by atoms with Gasteiger partial charge < -0.3 is 4.74 Å². The molecule has 1 heterocycles. The number of carbonyl (C=O) groups excluding carboxylic acids is 1. The maximum Gasteiger partial charge on any atom is 0.305 e. The number of rotatable bonds is 0. The van der Waals surface area contributed by atoms with E-state index in [-0.39, 0.29) is 5.97 Å². The van der Waals surface area contributed by atoms with Crippen molar-refractivity contribution in [3.63, 3.8) is 0 Å². The van der Waals surface area contributed by atoms with Crippen molar-refractivity contribution in [2.75, 3.05) is 6.61 Å². The van der Waals surface area contributed by atoms with Crippen LogP contribution in [0.4, 0.5) is 0 Å². The van der Waals surface area contributed by atoms with Gasteiger partial charge in [-0.15, -0.1) is 0 Å². The second-order valence-corrected chi connectivity index (χ2v) is 4.85. The highest BCUT2D eigenvalue weighted by Gasteiger charge is 2.02. The molecule has 17 heavy (non-hydrogen) atoms. The summed E-state index contributed by atoms with van der Waals surface area (Å²) in [6.07, 6.45) is 17.1. The van der Waals surface area contributed by atoms with Gasteiger partial charge in [0.2, 0.25) is 0 Å². The molecule has 0 aromatic rings. The van der Waals surface area contributed by atoms with Crippen molar-refractivity contribution in [1.82, 2.24) is 0 Å². The molecule has 0 atom stereocenters. The van der Waals surface area contributed by atoms with Crippen LogP contribution in [0.15, 0.2) is 12.2 Å². The molecule has 0 bridgehead atoms. The molecule has 2 nitrogen and oxygen atoms in total. The van der Waals surface area contributed by atoms with Gasteiger partial charge in [-0.25, -0.2) is 0 Å². The number of allylic oxidation sites excluding steroid dienone is 2. The predicted molar refractivity (Wildman–Crippen MR) is 70.9 cm³/mol. The molecule has 0 aromatic carbocycles. The Balaban J connectivity index is 2.18. The molecule has 0 spiro atoms. The van der Waals surface area contributed by atoms with Crippen LogP contribution < -0.4 is 0 Å². The number of hydrogen-bond donors (Lipinski definition) is 0. The molecule has 2 heteroatoms. The average molecular weight is 238 g/mol. The normalized spacial score (nSPS) is 23.9. The minimum atomic E-state index is -0.0129. The molecule has 0 fully saturated rings. The van der Waals surface area contributed by atoms with E-state index >= 15 is 0 Å². The molecule has 0 amide bonds. The topological polar surface area (TPSA) is 26.3 Å². The van der Waals surface area contributed by atoms with Gasteiger partial charge in [0, 0.05) is 6.42 Å². The fourth-order valence-corrected chi connectivity index (χ4v) is 2.11. The second-order valence-electron chi connectivity index (χ2n) is 4.85. The number of cyclic esters (lactones) is 1. The molecule has 0 unspecified atom stereocenters. The Bertz CT molecular complexity index is 221. The van der Waals surface area contributed by atoms with Crippen LogP contribution >= 0.6 is 0 Å². The Labute approximate surface area is 105 Å². The maximum atomic E-state index is 11.3. The molecule has 0 saturated carbocycles. The Hall–Kier alpha value is -0.790. The van der Waals surface area contributed by atoms with Crippen LogP contribution in [0.2, 0.25) is 0 Å². The fourth-order valence-electron chi connectivity index (χ4n) is 2.11. The van der Waals surface area contributed by atoms with Crippen molar-refractivity contribution in [2.45, 2.75) is 70.6 Å². The van der Waals surface area contributed by atoms with E-state index in [1.54, 1.807) is 0 Å². The van der Waals surface area contributed by atoms with Crippen LogP contribution in [0.25, 0.3) is 0 Å². The SMILES string of the molecule is O=C1CCCCCCCCC/C=C\CCCO1. The van der Waals surface area contributed by atoms with Crippen LogP contribution in [0.1, 0.15) is 70.6 Å². The summed E-state index contributed by atoms with van der Waals surface area (Å²) in [4.78, 5) is 11.3. The molecule has 1 aliphatic heterocycles. The van der Waals surface area contributed by atoms with E-state index in [2.05, 4.69) is 12.2 Å². The molecule has 0 aromatic heterocycles. The number of hydrogen-bond acceptors (Lipinski definition) is 2. The lowest BCUT2D eigenvalue weighted by molar-refractivity contribution is -0.143. The summed E-state index contributed by atoms with van der Waals surface area (Å²) in [5, 5.41) is 0. The first-order valence-electron chi connectivity index (χ1n) is 7.20. The van der Waals surface area contributed by atoms with E-state index in [1.807, 2.05) is 0 Å². The van der Waals surface area contributed by atoms with Crippen molar-refractivity contribution in [3.05, 3.63) is 12.2 Å². The highest BCUT2D eigenvalue weighted by Crippen LogP contribution is 2.11. The summed E-state index contributed by atoms with van der Waals surface area (Å²) in [6.45, 7) is 0.586. The van der Waals surface area contributed by atoms with Crippen molar-refractivity contribution >= 4 is 5.97 Å². The van der Waals surface area contributed by atoms with Gasteiger partial charge in [-0.1, -0.05) is 44.3 Å². The molecule has 0 aliphatic carbocycles. The third kappa shape index (κ3) is 8.96. The number of esters is 1. The maximum absolute atomic E-state index is 11.3. The molecule has 1 rings (SSSR count). The predicted octanol–water partition coefficient (Wildman–Crippen LogP) is 4.39. The van der Waals surface area contributed by atoms with Gasteiger partial charge in [0.25, 0.3) is 0 Å². The largest absolute Gasteiger partial charge is 0.466 e. The first-order valence-corrected chi connectivity index (χ1v) is 7.20. The van der Waals surface area contributed by atoms with Gasteiger partial charge in [0.05, 0.1) is 6.61 Å². The Morgan fingerprint density at radius 2 is 1.35 bits per heavy atom. The van der Waals surface area contributed by atoms with E-state index in [9.17, 15) is 4.79 Å². The van der Waals surface area contributed by atoms with E-state index in [0.29, 0.717) is 13.0 Å². The Kier molecular flexibility index (Phi) is 8.71. The van der Waals surface area contributed by atoms with Crippen LogP contribution in [0.5, 0.6) is 0 Å². The standard InChI is InChI=1S/C15H26O2/c16-15-13-11-9-7-5-3-1-2-4-6-8-10-12-14-17-15/h6,8H,1-5,7,9-14H2/b8-6-. The first kappa shape index (κ1) is 14.3. The van der Waals surface area contributed by atoms with E-state index in [4.69, 9.17) is 4.74 Å². The van der Waals surface area contributed by atoms with Crippen molar-refractivity contribution in [2.24, 2.45) is 0 Å². The van der Waals surface area contributed by atoms with Gasteiger partial charge in [0.15, 0.2) is 0 Å². The zero-order chi connectivity index (χ0) is 12.2. The molecular formula is C15H26O2. The van der Waals surface area contributed by atoms with Crippen LogP contribution in [-0.2, 0) is 9.53 Å². The van der Waals surface area contributed by atoms with Gasteiger partial charge in [-0.2, -0.15) is 0 Å². The van der Waals surface area contributed by atoms with Gasteiger partial charge in [-0.3, -0.25) is 4.79 Å². The summed E-state index contributed by atoms with van der Waals surface area (Å²) in [5.41, 5.74) is 0. The molecule has 0 saturated heterocycles. The Morgan fingerprint density at radius 3 is 2.12 bits per heavy atom. The molecule has 0 radical (unpaired) electrons. The van der Waals surface area contributed by atoms with Crippen molar-refractivity contribution in [1.29, 1.82) is 0 Å². The monoisotopic (exact) mass is 238 g/mol. The van der Waals surface area contributed by atoms with E-state index < -0.39 is 0 Å². The zero-order valence-electron chi connectivity index (χ0n) is 11.0. The summed E-state index contributed by atoms with van der Waals surface area (Å²) >= 11 is 0. The summed E-state index contributed by atoms with van der Waals surface area (Å²) in [5.74, 6) is -0.0129. The summed E-state index contributed by atoms with van der Waals surface area (Å²) < 4.78 is 5.17. The quantitative estimate of drug-likeness (QED) is 0.462. The molecule has 98 valence electrons. The molecule has 1 aliphatic rings. The van der Waals surface area contributed by atoms with Gasteiger partial charge >= 0.3 is 5.97 Å². The van der Waals surface area contributed by atoms with E-state index in [0.717, 1.165) is 19.3 Å². The molecular weight excluding hydrogens is 212 g/mol. The van der Waals surface area contributed by atoms with Gasteiger partial charge in [-0.05, 0) is 32.1 Å². The Morgan fingerprint density at radius 1 is 0.765 bits per heavy atom. The highest BCUT2D eigenvalue weighted by molar-refractivity contribution is 5.69. The van der Waals surface area contributed by atoms with Crippen molar-refractivity contribution < 1.29 is 9.53 Å². The average Bonchev–Trinajstić information content (AvgIpc) is 2.32. The van der Waals surface area contributed by atoms with Gasteiger partial charge in [0.1, 0.15) is 0 Å². The lowest BCUT2D eigenvalue weighted by Crippen LogP contribution is -2.05. The minimum Gasteiger partial charge on any atom is -0.466 e. The lowest BCUT2D eigenvalue weighted by atomic mass is 10.1. The second kappa shape index (κ2) is 10.4.